The Hall–Kier alpha value is -1.98. The van der Waals surface area contributed by atoms with Gasteiger partial charge in [-0.05, 0) is 62.4 Å². The van der Waals surface area contributed by atoms with E-state index in [1.165, 1.54) is 28.8 Å². The smallest absolute Gasteiger partial charge is 0.321 e. The van der Waals surface area contributed by atoms with Crippen molar-refractivity contribution in [1.29, 1.82) is 0 Å². The largest absolute Gasteiger partial charge is 0.609 e. The summed E-state index contributed by atoms with van der Waals surface area (Å²) < 4.78 is 13.0. The molecular formula is C21H25N3OS. The van der Waals surface area contributed by atoms with E-state index in [0.29, 0.717) is 10.9 Å². The number of aryl methyl sites for hydroxylation is 3. The zero-order valence-corrected chi connectivity index (χ0v) is 16.4. The Bertz CT molecular complexity index is 911. The molecule has 4 nitrogen and oxygen atoms in total. The second kappa shape index (κ2) is 6.97. The molecule has 5 heteroatoms. The van der Waals surface area contributed by atoms with Crippen molar-refractivity contribution in [2.24, 2.45) is 0 Å². The van der Waals surface area contributed by atoms with Crippen LogP contribution in [0.4, 0.5) is 5.69 Å². The Balaban J connectivity index is 1.66. The van der Waals surface area contributed by atoms with Gasteiger partial charge in [0.15, 0.2) is 0 Å². The Labute approximate surface area is 157 Å². The number of hydrogen-bond acceptors (Lipinski definition) is 3. The van der Waals surface area contributed by atoms with Crippen LogP contribution in [0.3, 0.4) is 0 Å². The van der Waals surface area contributed by atoms with Gasteiger partial charge < -0.3 is 9.45 Å². The highest BCUT2D eigenvalue weighted by Crippen LogP contribution is 2.33. The van der Waals surface area contributed by atoms with E-state index in [1.54, 1.807) is 0 Å². The molecule has 1 aliphatic rings. The van der Waals surface area contributed by atoms with Crippen LogP contribution in [0.15, 0.2) is 35.5 Å². The zero-order valence-electron chi connectivity index (χ0n) is 15.6. The molecule has 0 saturated heterocycles. The monoisotopic (exact) mass is 367 g/mol. The zero-order chi connectivity index (χ0) is 18.3. The number of fused-ring (bicyclic) bond motifs is 2. The molecule has 26 heavy (non-hydrogen) atoms. The van der Waals surface area contributed by atoms with Crippen molar-refractivity contribution in [3.63, 3.8) is 0 Å². The molecule has 0 bridgehead atoms. The molecule has 1 N–H and O–H groups in total. The molecule has 3 aromatic rings. The van der Waals surface area contributed by atoms with Crippen LogP contribution in [-0.2, 0) is 23.3 Å². The number of rotatable bonds is 4. The summed E-state index contributed by atoms with van der Waals surface area (Å²) in [4.78, 5) is 10.3. The highest BCUT2D eigenvalue weighted by molar-refractivity contribution is 7.90. The average molecular weight is 368 g/mol. The standard InChI is InChI=1S/C21H25N3OS/c1-4-24-10-6-9-16-7-5-8-17(20(16)24)13-26(25)21-22-18-11-14(2)15(3)12-19(18)23-21/h5,7-8,11-12H,4,6,9-10,13H2,1-3H3,(H,22,23). The van der Waals surface area contributed by atoms with Crippen LogP contribution < -0.4 is 4.90 Å². The van der Waals surface area contributed by atoms with Crippen LogP contribution in [0.1, 0.15) is 35.6 Å². The van der Waals surface area contributed by atoms with Gasteiger partial charge in [0.2, 0.25) is 0 Å². The molecule has 0 radical (unpaired) electrons. The molecule has 2 aromatic carbocycles. The Kier molecular flexibility index (Phi) is 4.67. The van der Waals surface area contributed by atoms with Crippen molar-refractivity contribution in [2.75, 3.05) is 18.0 Å². The van der Waals surface area contributed by atoms with E-state index >= 15 is 0 Å². The molecule has 0 spiro atoms. The number of nitrogens with zero attached hydrogens (tertiary/aromatic N) is 2. The summed E-state index contributed by atoms with van der Waals surface area (Å²) in [5, 5.41) is 0.571. The second-order valence-corrected chi connectivity index (χ2v) is 8.46. The van der Waals surface area contributed by atoms with Crippen LogP contribution in [0.25, 0.3) is 11.0 Å². The van der Waals surface area contributed by atoms with Crippen molar-refractivity contribution in [2.45, 2.75) is 44.5 Å². The van der Waals surface area contributed by atoms with E-state index in [4.69, 9.17) is 0 Å². The maximum Gasteiger partial charge on any atom is 0.321 e. The van der Waals surface area contributed by atoms with E-state index in [9.17, 15) is 4.55 Å². The number of aromatic nitrogens is 2. The van der Waals surface area contributed by atoms with E-state index in [-0.39, 0.29) is 0 Å². The van der Waals surface area contributed by atoms with Gasteiger partial charge in [0.25, 0.3) is 0 Å². The molecule has 0 fully saturated rings. The van der Waals surface area contributed by atoms with E-state index in [0.717, 1.165) is 36.1 Å². The number of benzene rings is 2. The first kappa shape index (κ1) is 17.4. The molecule has 1 aliphatic heterocycles. The molecular weight excluding hydrogens is 342 g/mol. The summed E-state index contributed by atoms with van der Waals surface area (Å²) in [6.45, 7) is 8.42. The average Bonchev–Trinajstić information content (AvgIpc) is 3.04. The third-order valence-corrected chi connectivity index (χ3v) is 6.55. The van der Waals surface area contributed by atoms with E-state index < -0.39 is 11.2 Å². The predicted molar refractivity (Wildman–Crippen MR) is 108 cm³/mol. The van der Waals surface area contributed by atoms with Gasteiger partial charge in [-0.15, -0.1) is 0 Å². The fourth-order valence-electron chi connectivity index (χ4n) is 3.82. The fraction of sp³-hybridized carbons (Fsp3) is 0.381. The van der Waals surface area contributed by atoms with Crippen LogP contribution in [-0.4, -0.2) is 27.6 Å². The molecule has 1 unspecified atom stereocenters. The molecule has 136 valence electrons. The number of anilines is 1. The summed E-state index contributed by atoms with van der Waals surface area (Å²) in [5.74, 6) is 0.497. The lowest BCUT2D eigenvalue weighted by atomic mass is 9.98. The maximum atomic E-state index is 13.0. The lowest BCUT2D eigenvalue weighted by molar-refractivity contribution is 0.587. The minimum absolute atomic E-state index is 0.497. The number of hydrogen-bond donors (Lipinski definition) is 1. The third kappa shape index (κ3) is 3.10. The van der Waals surface area contributed by atoms with Gasteiger partial charge >= 0.3 is 5.16 Å². The molecule has 2 heterocycles. The Morgan fingerprint density at radius 3 is 2.85 bits per heavy atom. The summed E-state index contributed by atoms with van der Waals surface area (Å²) in [6.07, 6.45) is 2.30. The number of para-hydroxylation sites is 1. The lowest BCUT2D eigenvalue weighted by Crippen LogP contribution is -2.30. The summed E-state index contributed by atoms with van der Waals surface area (Å²) in [5.41, 5.74) is 8.10. The van der Waals surface area contributed by atoms with Gasteiger partial charge in [0, 0.05) is 35.5 Å². The predicted octanol–water partition coefficient (Wildman–Crippen LogP) is 4.26. The normalized spacial score (nSPS) is 15.3. The highest BCUT2D eigenvalue weighted by Gasteiger charge is 2.24. The quantitative estimate of drug-likeness (QED) is 0.701. The van der Waals surface area contributed by atoms with Crippen LogP contribution in [0, 0.1) is 13.8 Å². The van der Waals surface area contributed by atoms with Gasteiger partial charge in [0.05, 0.1) is 11.0 Å². The van der Waals surface area contributed by atoms with Crippen molar-refractivity contribution in [1.82, 2.24) is 9.97 Å². The van der Waals surface area contributed by atoms with Gasteiger partial charge in [-0.3, -0.25) is 4.98 Å². The topological polar surface area (TPSA) is 55.0 Å². The van der Waals surface area contributed by atoms with Crippen LogP contribution in [0.5, 0.6) is 0 Å². The fourth-order valence-corrected chi connectivity index (χ4v) is 4.90. The highest BCUT2D eigenvalue weighted by atomic mass is 32.2. The minimum atomic E-state index is -1.19. The summed E-state index contributed by atoms with van der Waals surface area (Å²) in [6, 6.07) is 10.6. The van der Waals surface area contributed by atoms with Gasteiger partial charge in [0.1, 0.15) is 5.75 Å². The van der Waals surface area contributed by atoms with Crippen molar-refractivity contribution < 1.29 is 4.55 Å². The number of nitrogens with one attached hydrogen (secondary N) is 1. The molecule has 0 amide bonds. The number of H-pyrrole nitrogens is 1. The van der Waals surface area contributed by atoms with Gasteiger partial charge in [-0.1, -0.05) is 18.2 Å². The minimum Gasteiger partial charge on any atom is -0.609 e. The van der Waals surface area contributed by atoms with Gasteiger partial charge in [-0.25, -0.2) is 0 Å². The molecule has 4 rings (SSSR count). The molecule has 1 atom stereocenters. The van der Waals surface area contributed by atoms with E-state index in [1.807, 2.05) is 0 Å². The number of aromatic amines is 1. The first-order chi connectivity index (χ1) is 12.6. The number of imidazole rings is 1. The Morgan fingerprint density at radius 1 is 1.23 bits per heavy atom. The molecule has 0 aliphatic carbocycles. The summed E-state index contributed by atoms with van der Waals surface area (Å²) in [7, 11) is 0. The summed E-state index contributed by atoms with van der Waals surface area (Å²) >= 11 is -1.19. The lowest BCUT2D eigenvalue weighted by Gasteiger charge is -2.32. The maximum absolute atomic E-state index is 13.0. The van der Waals surface area contributed by atoms with Crippen LogP contribution >= 0.6 is 0 Å². The van der Waals surface area contributed by atoms with Gasteiger partial charge in [-0.2, -0.15) is 4.98 Å². The van der Waals surface area contributed by atoms with Crippen molar-refractivity contribution in [3.8, 4) is 0 Å². The SMILES string of the molecule is CCN1CCCc2cccc(C[S+]([O-])c3nc4cc(C)c(C)cc4[nH]3)c21. The molecule has 0 saturated carbocycles. The molecule has 1 aromatic heterocycles. The first-order valence-electron chi connectivity index (χ1n) is 9.28. The second-order valence-electron chi connectivity index (χ2n) is 7.09. The third-order valence-electron chi connectivity index (χ3n) is 5.35. The van der Waals surface area contributed by atoms with Crippen molar-refractivity contribution in [3.05, 3.63) is 52.6 Å². The van der Waals surface area contributed by atoms with Crippen LogP contribution in [0.2, 0.25) is 0 Å². The first-order valence-corrected chi connectivity index (χ1v) is 10.6. The van der Waals surface area contributed by atoms with E-state index in [2.05, 4.69) is 66.0 Å². The Morgan fingerprint density at radius 2 is 2.04 bits per heavy atom. The van der Waals surface area contributed by atoms with Crippen molar-refractivity contribution >= 4 is 27.9 Å².